The van der Waals surface area contributed by atoms with E-state index < -0.39 is 53.3 Å². The molecule has 4 N–H and O–H groups in total. The van der Waals surface area contributed by atoms with Gasteiger partial charge in [0.15, 0.2) is 0 Å². The predicted molar refractivity (Wildman–Crippen MR) is 257 cm³/mol. The van der Waals surface area contributed by atoms with Crippen molar-refractivity contribution in [3.8, 4) is 28.1 Å². The molecule has 3 saturated heterocycles. The minimum atomic E-state index is -1.32. The SMILES string of the molecule is C=C(C)[C@@H](C(=O)N[C@H]1Cc2cc(O)cc(c2)-c2ccc3c(c2)c(c(-c2cccnc2[C@H](C)OC)n3CC)CC(C)(C)COC(=O)[C@@H]2CCCN(N2)C1=O)N(C)C(=O)N1CCN(C(=O)[C@H]2CN2)CC1=O. The van der Waals surface area contributed by atoms with Gasteiger partial charge in [-0.05, 0) is 104 Å². The van der Waals surface area contributed by atoms with Crippen LogP contribution in [0.15, 0.2) is 66.9 Å². The number of amides is 6. The number of cyclic esters (lactones) is 1. The second-order valence-electron chi connectivity index (χ2n) is 19.4. The summed E-state index contributed by atoms with van der Waals surface area (Å²) in [5.41, 5.74) is 9.48. The number of hydrogen-bond acceptors (Lipinski definition) is 12. The van der Waals surface area contributed by atoms with Crippen LogP contribution in [0, 0.1) is 5.41 Å². The minimum Gasteiger partial charge on any atom is -0.508 e. The Morgan fingerprint density at radius 2 is 1.86 bits per heavy atom. The Hall–Kier alpha value is -6.63. The number of urea groups is 1. The van der Waals surface area contributed by atoms with Crippen LogP contribution in [-0.4, -0.2) is 148 Å². The maximum Gasteiger partial charge on any atom is 0.327 e. The number of ether oxygens (including phenoxy) is 2. The number of rotatable bonds is 9. The number of aromatic nitrogens is 2. The highest BCUT2D eigenvalue weighted by atomic mass is 16.5. The molecule has 5 atom stereocenters. The Kier molecular flexibility index (Phi) is 14.0. The van der Waals surface area contributed by atoms with E-state index in [9.17, 15) is 33.9 Å². The lowest BCUT2D eigenvalue weighted by Gasteiger charge is -2.38. The molecule has 6 heterocycles. The van der Waals surface area contributed by atoms with Crippen molar-refractivity contribution in [2.24, 2.45) is 5.41 Å². The normalized spacial score (nSPS) is 21.5. The van der Waals surface area contributed by atoms with Crippen LogP contribution in [0.25, 0.3) is 33.3 Å². The first-order valence-electron chi connectivity index (χ1n) is 23.6. The van der Waals surface area contributed by atoms with E-state index in [0.717, 1.165) is 48.8 Å². The van der Waals surface area contributed by atoms with Crippen LogP contribution in [-0.2, 0) is 52.8 Å². The summed E-state index contributed by atoms with van der Waals surface area (Å²) < 4.78 is 14.2. The number of aromatic hydroxyl groups is 1. The van der Waals surface area contributed by atoms with Crippen LogP contribution in [0.5, 0.6) is 5.75 Å². The molecule has 4 aliphatic rings. The molecule has 6 bridgehead atoms. The monoisotopic (exact) mass is 945 g/mol. The number of benzene rings is 2. The molecule has 18 heteroatoms. The summed E-state index contributed by atoms with van der Waals surface area (Å²) in [4.78, 5) is 91.3. The van der Waals surface area contributed by atoms with Gasteiger partial charge >= 0.3 is 12.0 Å². The fourth-order valence-corrected chi connectivity index (χ4v) is 9.87. The molecule has 0 saturated carbocycles. The van der Waals surface area contributed by atoms with Gasteiger partial charge < -0.3 is 39.6 Å². The van der Waals surface area contributed by atoms with E-state index in [2.05, 4.69) is 66.2 Å². The molecule has 2 aromatic heterocycles. The third-order valence-corrected chi connectivity index (χ3v) is 13.6. The lowest BCUT2D eigenvalue weighted by Crippen LogP contribution is -2.63. The summed E-state index contributed by atoms with van der Waals surface area (Å²) in [6.45, 7) is 15.0. The zero-order valence-corrected chi connectivity index (χ0v) is 40.5. The number of hydrogen-bond donors (Lipinski definition) is 4. The van der Waals surface area contributed by atoms with E-state index in [1.54, 1.807) is 26.3 Å². The summed E-state index contributed by atoms with van der Waals surface area (Å²) in [6, 6.07) is 10.7. The highest BCUT2D eigenvalue weighted by Crippen LogP contribution is 2.42. The van der Waals surface area contributed by atoms with Gasteiger partial charge in [-0.15, -0.1) is 0 Å². The minimum absolute atomic E-state index is 0.0554. The van der Waals surface area contributed by atoms with Crippen molar-refractivity contribution >= 4 is 46.5 Å². The van der Waals surface area contributed by atoms with Gasteiger partial charge in [0.2, 0.25) is 17.7 Å². The predicted octanol–water partition coefficient (Wildman–Crippen LogP) is 4.09. The number of phenolic OH excluding ortho intramolecular Hbond substituents is 1. The highest BCUT2D eigenvalue weighted by Gasteiger charge is 2.42. The number of carbonyl (C=O) groups is 6. The van der Waals surface area contributed by atoms with Gasteiger partial charge in [-0.2, -0.15) is 0 Å². The van der Waals surface area contributed by atoms with E-state index in [4.69, 9.17) is 14.5 Å². The van der Waals surface area contributed by atoms with Crippen LogP contribution in [0.3, 0.4) is 0 Å². The maximum atomic E-state index is 14.7. The number of aryl methyl sites for hydroxylation is 1. The summed E-state index contributed by atoms with van der Waals surface area (Å²) in [5, 5.41) is 19.4. The summed E-state index contributed by atoms with van der Waals surface area (Å²) in [5.74, 6) is -2.65. The molecule has 8 rings (SSSR count). The van der Waals surface area contributed by atoms with Crippen molar-refractivity contribution < 1.29 is 43.3 Å². The Morgan fingerprint density at radius 3 is 2.55 bits per heavy atom. The van der Waals surface area contributed by atoms with Crippen LogP contribution in [0.4, 0.5) is 4.79 Å². The van der Waals surface area contributed by atoms with Gasteiger partial charge in [0, 0.05) is 81.4 Å². The number of phenols is 1. The second-order valence-corrected chi connectivity index (χ2v) is 19.4. The van der Waals surface area contributed by atoms with Gasteiger partial charge in [0.1, 0.15) is 30.4 Å². The fourth-order valence-electron chi connectivity index (χ4n) is 9.87. The van der Waals surface area contributed by atoms with Crippen LogP contribution in [0.1, 0.15) is 70.4 Å². The average Bonchev–Trinajstić information content (AvgIpc) is 4.14. The summed E-state index contributed by atoms with van der Waals surface area (Å²) in [7, 11) is 3.04. The molecule has 6 amide bonds. The topological polar surface area (TPSA) is 218 Å². The molecule has 18 nitrogen and oxygen atoms in total. The summed E-state index contributed by atoms with van der Waals surface area (Å²) in [6.07, 6.45) is 2.75. The van der Waals surface area contributed by atoms with Gasteiger partial charge in [-0.3, -0.25) is 38.9 Å². The quantitative estimate of drug-likeness (QED) is 0.106. The van der Waals surface area contributed by atoms with Crippen LogP contribution >= 0.6 is 0 Å². The van der Waals surface area contributed by atoms with Crippen LogP contribution in [0.2, 0.25) is 0 Å². The van der Waals surface area contributed by atoms with Crippen molar-refractivity contribution in [3.05, 3.63) is 83.7 Å². The third kappa shape index (κ3) is 10.1. The number of esters is 1. The molecule has 0 spiro atoms. The number of nitrogens with one attached hydrogen (secondary N) is 3. The van der Waals surface area contributed by atoms with Crippen molar-refractivity contribution in [2.75, 3.05) is 53.5 Å². The number of pyridine rings is 1. The fraction of sp³-hybridized carbons (Fsp3) is 0.471. The molecule has 0 radical (unpaired) electrons. The lowest BCUT2D eigenvalue weighted by molar-refractivity contribution is -0.155. The smallest absolute Gasteiger partial charge is 0.327 e. The molecular formula is C51H63N9O9. The van der Waals surface area contributed by atoms with Crippen molar-refractivity contribution in [1.29, 1.82) is 0 Å². The zero-order chi connectivity index (χ0) is 49.5. The highest BCUT2D eigenvalue weighted by molar-refractivity contribution is 6.01. The maximum absolute atomic E-state index is 14.7. The lowest BCUT2D eigenvalue weighted by atomic mass is 9.84. The number of methoxy groups -OCH3 is 1. The molecule has 2 aromatic carbocycles. The molecule has 0 aliphatic carbocycles. The standard InChI is InChI=1S/C51H63N9O9/c1-9-58-41-15-14-32-24-36(41)37(45(58)35-12-10-16-52-43(35)30(4)68-8)25-51(5,6)28-69-49(66)38-13-11-17-60(55-38)48(65)39(22-31-20-33(32)23-34(61)21-31)54-46(63)44(29(2)3)56(7)50(67)59-19-18-57(27-42(59)62)47(64)40-26-53-40/h10,12,14-16,20-21,23-24,30,38-40,44,53,55,61H,2,9,11,13,17-19,22,25-28H2,1,3-8H3,(H,54,63)/t30-,38-,39-,40+,44-/m0/s1. The van der Waals surface area contributed by atoms with E-state index in [0.29, 0.717) is 43.5 Å². The Labute approximate surface area is 401 Å². The number of nitrogens with zero attached hydrogens (tertiary/aromatic N) is 6. The number of hydrazine groups is 1. The number of piperazine rings is 1. The van der Waals surface area contributed by atoms with E-state index in [1.807, 2.05) is 25.1 Å². The Morgan fingerprint density at radius 1 is 1.09 bits per heavy atom. The van der Waals surface area contributed by atoms with Crippen molar-refractivity contribution in [2.45, 2.75) is 97.1 Å². The molecule has 3 fully saturated rings. The number of fused-ring (bicyclic) bond motifs is 6. The molecule has 0 unspecified atom stereocenters. The van der Waals surface area contributed by atoms with Crippen molar-refractivity contribution in [3.63, 3.8) is 0 Å². The van der Waals surface area contributed by atoms with Gasteiger partial charge in [-0.25, -0.2) is 10.2 Å². The van der Waals surface area contributed by atoms with Gasteiger partial charge in [0.25, 0.3) is 5.91 Å². The largest absolute Gasteiger partial charge is 0.508 e. The number of imide groups is 1. The van der Waals surface area contributed by atoms with Gasteiger partial charge in [0.05, 0.1) is 30.1 Å². The van der Waals surface area contributed by atoms with Gasteiger partial charge in [-0.1, -0.05) is 32.6 Å². The number of likely N-dealkylation sites (N-methyl/N-ethyl adjacent to an activating group) is 1. The van der Waals surface area contributed by atoms with E-state index >= 15 is 0 Å². The first kappa shape index (κ1) is 48.8. The van der Waals surface area contributed by atoms with Crippen molar-refractivity contribution in [1.82, 2.24) is 45.3 Å². The molecule has 4 aromatic rings. The average molecular weight is 946 g/mol. The summed E-state index contributed by atoms with van der Waals surface area (Å²) >= 11 is 0. The zero-order valence-electron chi connectivity index (χ0n) is 40.5. The van der Waals surface area contributed by atoms with Crippen LogP contribution < -0.4 is 16.1 Å². The number of carbonyl (C=O) groups excluding carboxylic acids is 6. The first-order valence-corrected chi connectivity index (χ1v) is 23.6. The molecule has 366 valence electrons. The molecular weight excluding hydrogens is 883 g/mol. The second kappa shape index (κ2) is 19.8. The Bertz CT molecular complexity index is 2710. The third-order valence-electron chi connectivity index (χ3n) is 13.6. The molecule has 69 heavy (non-hydrogen) atoms. The van der Waals surface area contributed by atoms with E-state index in [1.165, 1.54) is 23.0 Å². The first-order chi connectivity index (χ1) is 32.9. The molecule has 4 aliphatic heterocycles. The van der Waals surface area contributed by atoms with E-state index in [-0.39, 0.29) is 68.6 Å². The Balaban J connectivity index is 1.17.